The quantitative estimate of drug-likeness (QED) is 0.938. The molecular formula is C18H22N2O. The molecule has 3 heteroatoms. The highest BCUT2D eigenvalue weighted by molar-refractivity contribution is 5.85. The molecule has 0 saturated carbocycles. The first-order valence-electron chi connectivity index (χ1n) is 7.69. The van der Waals surface area contributed by atoms with Crippen molar-refractivity contribution in [1.82, 2.24) is 10.2 Å². The average molecular weight is 282 g/mol. The molecule has 1 aliphatic heterocycles. The van der Waals surface area contributed by atoms with Crippen LogP contribution in [0.15, 0.2) is 42.5 Å². The first kappa shape index (κ1) is 14.1. The van der Waals surface area contributed by atoms with Crippen LogP contribution in [0.3, 0.4) is 0 Å². The second-order valence-electron chi connectivity index (χ2n) is 5.80. The van der Waals surface area contributed by atoms with Crippen LogP contribution >= 0.6 is 0 Å². The molecule has 0 unspecified atom stereocenters. The van der Waals surface area contributed by atoms with Gasteiger partial charge >= 0.3 is 0 Å². The molecule has 3 rings (SSSR count). The molecule has 0 radical (unpaired) electrons. The Labute approximate surface area is 125 Å². The van der Waals surface area contributed by atoms with Crippen LogP contribution in [0.25, 0.3) is 10.8 Å². The Kier molecular flexibility index (Phi) is 4.20. The van der Waals surface area contributed by atoms with E-state index in [0.29, 0.717) is 12.5 Å². The molecule has 21 heavy (non-hydrogen) atoms. The summed E-state index contributed by atoms with van der Waals surface area (Å²) >= 11 is 0. The summed E-state index contributed by atoms with van der Waals surface area (Å²) in [5.74, 6) is 0.250. The smallest absolute Gasteiger partial charge is 0.226 e. The number of rotatable bonds is 3. The molecule has 0 spiro atoms. The van der Waals surface area contributed by atoms with Gasteiger partial charge in [0.25, 0.3) is 0 Å². The van der Waals surface area contributed by atoms with Crippen LogP contribution < -0.4 is 5.32 Å². The zero-order valence-corrected chi connectivity index (χ0v) is 12.5. The van der Waals surface area contributed by atoms with Gasteiger partial charge < -0.3 is 10.2 Å². The number of carbonyl (C=O) groups is 1. The van der Waals surface area contributed by atoms with Crippen molar-refractivity contribution in [2.45, 2.75) is 25.3 Å². The minimum Gasteiger partial charge on any atom is -0.342 e. The van der Waals surface area contributed by atoms with Crippen molar-refractivity contribution >= 4 is 16.7 Å². The van der Waals surface area contributed by atoms with E-state index in [4.69, 9.17) is 0 Å². The van der Waals surface area contributed by atoms with Gasteiger partial charge in [0.2, 0.25) is 5.91 Å². The number of benzene rings is 2. The number of piperidine rings is 1. The lowest BCUT2D eigenvalue weighted by Crippen LogP contribution is -2.44. The lowest BCUT2D eigenvalue weighted by Gasteiger charge is -2.32. The summed E-state index contributed by atoms with van der Waals surface area (Å²) in [7, 11) is 2.00. The molecule has 2 aromatic carbocycles. The summed E-state index contributed by atoms with van der Waals surface area (Å²) in [6.07, 6.45) is 2.62. The lowest BCUT2D eigenvalue weighted by atomic mass is 10.0. The maximum Gasteiger partial charge on any atom is 0.226 e. The maximum atomic E-state index is 12.4. The van der Waals surface area contributed by atoms with E-state index >= 15 is 0 Å². The van der Waals surface area contributed by atoms with E-state index < -0.39 is 0 Å². The fraction of sp³-hybridized carbons (Fsp3) is 0.389. The number of amides is 1. The molecule has 0 bridgehead atoms. The summed E-state index contributed by atoms with van der Waals surface area (Å²) in [6, 6.07) is 15.1. The van der Waals surface area contributed by atoms with Crippen molar-refractivity contribution in [2.24, 2.45) is 0 Å². The molecule has 1 N–H and O–H groups in total. The fourth-order valence-electron chi connectivity index (χ4n) is 3.05. The minimum absolute atomic E-state index is 0.250. The first-order valence-corrected chi connectivity index (χ1v) is 7.69. The van der Waals surface area contributed by atoms with Crippen LogP contribution in [0, 0.1) is 0 Å². The highest BCUT2D eigenvalue weighted by Crippen LogP contribution is 2.17. The molecule has 1 amide bonds. The number of hydrogen-bond donors (Lipinski definition) is 1. The molecule has 0 aliphatic carbocycles. The van der Waals surface area contributed by atoms with Crippen molar-refractivity contribution in [1.29, 1.82) is 0 Å². The highest BCUT2D eigenvalue weighted by Gasteiger charge is 2.21. The van der Waals surface area contributed by atoms with Gasteiger partial charge in [-0.05, 0) is 36.2 Å². The minimum atomic E-state index is 0.250. The molecule has 0 atom stereocenters. The van der Waals surface area contributed by atoms with E-state index in [0.717, 1.165) is 31.5 Å². The summed E-state index contributed by atoms with van der Waals surface area (Å²) in [4.78, 5) is 14.4. The Bertz CT molecular complexity index is 630. The topological polar surface area (TPSA) is 32.3 Å². The third-order valence-electron chi connectivity index (χ3n) is 4.43. The van der Waals surface area contributed by atoms with Crippen molar-refractivity contribution in [2.75, 3.05) is 20.1 Å². The number of carbonyl (C=O) groups excluding carboxylic acids is 1. The van der Waals surface area contributed by atoms with Gasteiger partial charge in [-0.1, -0.05) is 42.5 Å². The van der Waals surface area contributed by atoms with E-state index in [2.05, 4.69) is 35.6 Å². The Balaban J connectivity index is 1.66. The normalized spacial score (nSPS) is 16.3. The van der Waals surface area contributed by atoms with Crippen LogP contribution in [0.5, 0.6) is 0 Å². The summed E-state index contributed by atoms with van der Waals surface area (Å²) < 4.78 is 0. The summed E-state index contributed by atoms with van der Waals surface area (Å²) in [5, 5.41) is 5.73. The first-order chi connectivity index (χ1) is 10.3. The van der Waals surface area contributed by atoms with Gasteiger partial charge in [0.1, 0.15) is 0 Å². The zero-order valence-electron chi connectivity index (χ0n) is 12.5. The van der Waals surface area contributed by atoms with Crippen LogP contribution in [-0.2, 0) is 11.2 Å². The zero-order chi connectivity index (χ0) is 14.7. The van der Waals surface area contributed by atoms with Crippen molar-refractivity contribution in [3.63, 3.8) is 0 Å². The Morgan fingerprint density at radius 2 is 1.86 bits per heavy atom. The van der Waals surface area contributed by atoms with Gasteiger partial charge in [-0.15, -0.1) is 0 Å². The Hall–Kier alpha value is -1.87. The molecule has 1 aliphatic rings. The Morgan fingerprint density at radius 3 is 2.57 bits per heavy atom. The number of fused-ring (bicyclic) bond motifs is 1. The van der Waals surface area contributed by atoms with Gasteiger partial charge in [0.15, 0.2) is 0 Å². The average Bonchev–Trinajstić information content (AvgIpc) is 2.55. The van der Waals surface area contributed by atoms with Gasteiger partial charge in [-0.25, -0.2) is 0 Å². The van der Waals surface area contributed by atoms with Crippen molar-refractivity contribution in [3.8, 4) is 0 Å². The number of likely N-dealkylation sites (tertiary alicyclic amines) is 1. The molecule has 1 heterocycles. The lowest BCUT2D eigenvalue weighted by molar-refractivity contribution is -0.131. The molecule has 0 aromatic heterocycles. The predicted octanol–water partition coefficient (Wildman–Crippen LogP) is 2.59. The van der Waals surface area contributed by atoms with Gasteiger partial charge in [0, 0.05) is 19.1 Å². The monoisotopic (exact) mass is 282 g/mol. The van der Waals surface area contributed by atoms with Crippen LogP contribution in [0.2, 0.25) is 0 Å². The van der Waals surface area contributed by atoms with Crippen LogP contribution in [0.1, 0.15) is 18.4 Å². The predicted molar refractivity (Wildman–Crippen MR) is 86.3 cm³/mol. The summed E-state index contributed by atoms with van der Waals surface area (Å²) in [6.45, 7) is 1.75. The van der Waals surface area contributed by atoms with E-state index in [-0.39, 0.29) is 5.91 Å². The molecule has 3 nitrogen and oxygen atoms in total. The molecule has 1 fully saturated rings. The highest BCUT2D eigenvalue weighted by atomic mass is 16.2. The van der Waals surface area contributed by atoms with E-state index in [1.54, 1.807) is 0 Å². The third kappa shape index (κ3) is 3.24. The number of hydrogen-bond acceptors (Lipinski definition) is 2. The fourth-order valence-corrected chi connectivity index (χ4v) is 3.05. The van der Waals surface area contributed by atoms with Gasteiger partial charge in [-0.2, -0.15) is 0 Å². The van der Waals surface area contributed by atoms with E-state index in [1.807, 2.05) is 24.1 Å². The van der Waals surface area contributed by atoms with Crippen LogP contribution in [-0.4, -0.2) is 37.0 Å². The number of nitrogens with zero attached hydrogens (tertiary/aromatic N) is 1. The van der Waals surface area contributed by atoms with E-state index in [1.165, 1.54) is 10.8 Å². The SMILES string of the molecule is CNC1CCN(C(=O)Cc2ccc3ccccc3c2)CC1. The van der Waals surface area contributed by atoms with E-state index in [9.17, 15) is 4.79 Å². The number of nitrogens with one attached hydrogen (secondary N) is 1. The molecular weight excluding hydrogens is 260 g/mol. The molecule has 1 saturated heterocycles. The van der Waals surface area contributed by atoms with Crippen LogP contribution in [0.4, 0.5) is 0 Å². The van der Waals surface area contributed by atoms with Gasteiger partial charge in [-0.3, -0.25) is 4.79 Å². The standard InChI is InChI=1S/C18H22N2O/c1-19-17-8-10-20(11-9-17)18(21)13-14-6-7-15-4-2-3-5-16(15)12-14/h2-7,12,17,19H,8-11,13H2,1H3. The second kappa shape index (κ2) is 6.27. The third-order valence-corrected chi connectivity index (χ3v) is 4.43. The molecule has 110 valence electrons. The maximum absolute atomic E-state index is 12.4. The summed E-state index contributed by atoms with van der Waals surface area (Å²) in [5.41, 5.74) is 1.11. The largest absolute Gasteiger partial charge is 0.342 e. The Morgan fingerprint density at radius 1 is 1.14 bits per heavy atom. The van der Waals surface area contributed by atoms with Crippen molar-refractivity contribution in [3.05, 3.63) is 48.0 Å². The molecule has 2 aromatic rings. The van der Waals surface area contributed by atoms with Crippen molar-refractivity contribution < 1.29 is 4.79 Å². The second-order valence-corrected chi connectivity index (χ2v) is 5.80. The van der Waals surface area contributed by atoms with Gasteiger partial charge in [0.05, 0.1) is 6.42 Å².